The number of nitro groups is 1. The van der Waals surface area contributed by atoms with Crippen LogP contribution in [-0.2, 0) is 16.1 Å². The van der Waals surface area contributed by atoms with Crippen LogP contribution in [0.4, 0.5) is 5.69 Å². The zero-order valence-electron chi connectivity index (χ0n) is 10.3. The Morgan fingerprint density at radius 1 is 1.33 bits per heavy atom. The zero-order valence-corrected chi connectivity index (χ0v) is 10.3. The van der Waals surface area contributed by atoms with Crippen molar-refractivity contribution in [1.82, 2.24) is 5.48 Å². The van der Waals surface area contributed by atoms with Gasteiger partial charge >= 0.3 is 0 Å². The van der Waals surface area contributed by atoms with E-state index >= 15 is 0 Å². The minimum absolute atomic E-state index is 0.0180. The molecule has 100 valence electrons. The van der Waals surface area contributed by atoms with E-state index in [1.807, 2.05) is 0 Å². The SMILES string of the molecule is COCCONCc1cc([N+](=O)[O-])ccc1OC. The summed E-state index contributed by atoms with van der Waals surface area (Å²) in [5, 5.41) is 10.7. The molecule has 0 fully saturated rings. The topological polar surface area (TPSA) is 82.9 Å². The number of nitrogens with zero attached hydrogens (tertiary/aromatic N) is 1. The van der Waals surface area contributed by atoms with Crippen molar-refractivity contribution >= 4 is 5.69 Å². The van der Waals surface area contributed by atoms with Gasteiger partial charge in [-0.2, -0.15) is 5.48 Å². The number of nitro benzene ring substituents is 1. The fourth-order valence-corrected chi connectivity index (χ4v) is 1.34. The maximum Gasteiger partial charge on any atom is 0.270 e. The molecule has 0 saturated heterocycles. The molecule has 0 bridgehead atoms. The third-order valence-corrected chi connectivity index (χ3v) is 2.23. The van der Waals surface area contributed by atoms with Crippen LogP contribution in [0.5, 0.6) is 5.75 Å². The molecule has 1 aromatic rings. The van der Waals surface area contributed by atoms with Gasteiger partial charge in [0.25, 0.3) is 5.69 Å². The Hall–Kier alpha value is -1.70. The van der Waals surface area contributed by atoms with Crippen LogP contribution in [0.2, 0.25) is 0 Å². The van der Waals surface area contributed by atoms with Crippen LogP contribution in [0.25, 0.3) is 0 Å². The molecule has 0 aliphatic heterocycles. The molecule has 0 heterocycles. The molecule has 0 aliphatic rings. The highest BCUT2D eigenvalue weighted by Crippen LogP contribution is 2.23. The first-order valence-corrected chi connectivity index (χ1v) is 5.34. The van der Waals surface area contributed by atoms with E-state index in [0.717, 1.165) is 0 Å². The van der Waals surface area contributed by atoms with Crippen molar-refractivity contribution in [2.45, 2.75) is 6.54 Å². The zero-order chi connectivity index (χ0) is 13.4. The minimum Gasteiger partial charge on any atom is -0.496 e. The molecule has 0 atom stereocenters. The summed E-state index contributed by atoms with van der Waals surface area (Å²) < 4.78 is 9.93. The first-order chi connectivity index (χ1) is 8.69. The van der Waals surface area contributed by atoms with Gasteiger partial charge in [0, 0.05) is 31.4 Å². The van der Waals surface area contributed by atoms with Gasteiger partial charge in [0.15, 0.2) is 0 Å². The number of hydrogen-bond donors (Lipinski definition) is 1. The lowest BCUT2D eigenvalue weighted by Gasteiger charge is -2.09. The Bertz CT molecular complexity index is 397. The average molecular weight is 256 g/mol. The number of ether oxygens (including phenoxy) is 2. The quantitative estimate of drug-likeness (QED) is 0.428. The molecule has 0 amide bonds. The molecular weight excluding hydrogens is 240 g/mol. The van der Waals surface area contributed by atoms with Crippen LogP contribution in [0.3, 0.4) is 0 Å². The molecule has 18 heavy (non-hydrogen) atoms. The summed E-state index contributed by atoms with van der Waals surface area (Å²) in [6, 6.07) is 4.41. The van der Waals surface area contributed by atoms with E-state index in [-0.39, 0.29) is 5.69 Å². The van der Waals surface area contributed by atoms with Crippen LogP contribution >= 0.6 is 0 Å². The van der Waals surface area contributed by atoms with E-state index in [9.17, 15) is 10.1 Å². The number of hydrogen-bond acceptors (Lipinski definition) is 6. The predicted molar refractivity (Wildman–Crippen MR) is 64.3 cm³/mol. The molecule has 0 saturated carbocycles. The van der Waals surface area contributed by atoms with Gasteiger partial charge in [-0.3, -0.25) is 15.0 Å². The molecular formula is C11H16N2O5. The van der Waals surface area contributed by atoms with Crippen molar-refractivity contribution in [2.24, 2.45) is 0 Å². The van der Waals surface area contributed by atoms with E-state index in [1.54, 1.807) is 13.2 Å². The largest absolute Gasteiger partial charge is 0.496 e. The summed E-state index contributed by atoms with van der Waals surface area (Å²) in [6.45, 7) is 1.18. The summed E-state index contributed by atoms with van der Waals surface area (Å²) in [6.07, 6.45) is 0. The Morgan fingerprint density at radius 2 is 2.11 bits per heavy atom. The van der Waals surface area contributed by atoms with Gasteiger partial charge in [0.05, 0.1) is 25.2 Å². The summed E-state index contributed by atoms with van der Waals surface area (Å²) in [4.78, 5) is 15.3. The van der Waals surface area contributed by atoms with Crippen LogP contribution < -0.4 is 10.2 Å². The highest BCUT2D eigenvalue weighted by molar-refractivity contribution is 5.43. The Labute approximate surface area is 105 Å². The van der Waals surface area contributed by atoms with Crippen molar-refractivity contribution in [2.75, 3.05) is 27.4 Å². The van der Waals surface area contributed by atoms with Crippen molar-refractivity contribution in [1.29, 1.82) is 0 Å². The molecule has 0 aliphatic carbocycles. The number of non-ortho nitro benzene ring substituents is 1. The smallest absolute Gasteiger partial charge is 0.270 e. The van der Waals surface area contributed by atoms with Gasteiger partial charge in [0.2, 0.25) is 0 Å². The van der Waals surface area contributed by atoms with Gasteiger partial charge in [-0.05, 0) is 6.07 Å². The van der Waals surface area contributed by atoms with Crippen molar-refractivity contribution in [3.63, 3.8) is 0 Å². The highest BCUT2D eigenvalue weighted by atomic mass is 16.7. The maximum atomic E-state index is 10.7. The third-order valence-electron chi connectivity index (χ3n) is 2.23. The first kappa shape index (κ1) is 14.4. The lowest BCUT2D eigenvalue weighted by Crippen LogP contribution is -2.17. The van der Waals surface area contributed by atoms with Gasteiger partial charge in [-0.25, -0.2) is 0 Å². The van der Waals surface area contributed by atoms with Crippen molar-refractivity contribution < 1.29 is 19.2 Å². The summed E-state index contributed by atoms with van der Waals surface area (Å²) in [5.41, 5.74) is 3.37. The third kappa shape index (κ3) is 4.28. The van der Waals surface area contributed by atoms with E-state index in [2.05, 4.69) is 5.48 Å². The average Bonchev–Trinajstić information content (AvgIpc) is 2.38. The molecule has 1 N–H and O–H groups in total. The normalized spacial score (nSPS) is 10.3. The first-order valence-electron chi connectivity index (χ1n) is 5.34. The minimum atomic E-state index is -0.450. The molecule has 0 unspecified atom stereocenters. The standard InChI is InChI=1S/C11H16N2O5/c1-16-5-6-18-12-8-9-7-10(13(14)15)3-4-11(9)17-2/h3-4,7,12H,5-6,8H2,1-2H3. The van der Waals surface area contributed by atoms with Crippen LogP contribution in [0.1, 0.15) is 5.56 Å². The van der Waals surface area contributed by atoms with E-state index in [4.69, 9.17) is 14.3 Å². The molecule has 1 rings (SSSR count). The fraction of sp³-hybridized carbons (Fsp3) is 0.455. The number of hydroxylamine groups is 1. The Kier molecular flexibility index (Phi) is 6.06. The van der Waals surface area contributed by atoms with Crippen LogP contribution in [0.15, 0.2) is 18.2 Å². The number of benzene rings is 1. The van der Waals surface area contributed by atoms with E-state index in [1.165, 1.54) is 19.2 Å². The van der Waals surface area contributed by atoms with Gasteiger partial charge < -0.3 is 9.47 Å². The maximum absolute atomic E-state index is 10.7. The number of rotatable bonds is 8. The summed E-state index contributed by atoms with van der Waals surface area (Å²) in [5.74, 6) is 0.573. The fourth-order valence-electron chi connectivity index (χ4n) is 1.34. The molecule has 0 radical (unpaired) electrons. The van der Waals surface area contributed by atoms with Gasteiger partial charge in [-0.15, -0.1) is 0 Å². The van der Waals surface area contributed by atoms with Gasteiger partial charge in [-0.1, -0.05) is 0 Å². The second kappa shape index (κ2) is 7.59. The number of methoxy groups -OCH3 is 2. The summed E-state index contributed by atoms with van der Waals surface area (Å²) >= 11 is 0. The highest BCUT2D eigenvalue weighted by Gasteiger charge is 2.10. The second-order valence-electron chi connectivity index (χ2n) is 3.42. The second-order valence-corrected chi connectivity index (χ2v) is 3.42. The Balaban J connectivity index is 2.61. The van der Waals surface area contributed by atoms with Gasteiger partial charge in [0.1, 0.15) is 5.75 Å². The predicted octanol–water partition coefficient (Wildman–Crippen LogP) is 1.27. The van der Waals surface area contributed by atoms with Crippen molar-refractivity contribution in [3.8, 4) is 5.75 Å². The van der Waals surface area contributed by atoms with Crippen LogP contribution in [-0.4, -0.2) is 32.4 Å². The molecule has 0 aromatic heterocycles. The van der Waals surface area contributed by atoms with Crippen LogP contribution in [0, 0.1) is 10.1 Å². The molecule has 7 heteroatoms. The van der Waals surface area contributed by atoms with E-state index in [0.29, 0.717) is 31.1 Å². The van der Waals surface area contributed by atoms with Crippen molar-refractivity contribution in [3.05, 3.63) is 33.9 Å². The lowest BCUT2D eigenvalue weighted by molar-refractivity contribution is -0.384. The Morgan fingerprint density at radius 3 is 2.72 bits per heavy atom. The number of nitrogens with one attached hydrogen (secondary N) is 1. The lowest BCUT2D eigenvalue weighted by atomic mass is 10.2. The molecule has 0 spiro atoms. The molecule has 7 nitrogen and oxygen atoms in total. The monoisotopic (exact) mass is 256 g/mol. The van der Waals surface area contributed by atoms with E-state index < -0.39 is 4.92 Å². The molecule has 1 aromatic carbocycles. The summed E-state index contributed by atoms with van der Waals surface area (Å²) in [7, 11) is 3.09.